The third kappa shape index (κ3) is 5.64. The van der Waals surface area contributed by atoms with Crippen molar-refractivity contribution in [1.29, 1.82) is 5.26 Å². The van der Waals surface area contributed by atoms with Crippen LogP contribution in [0.3, 0.4) is 0 Å². The van der Waals surface area contributed by atoms with Gasteiger partial charge in [0.25, 0.3) is 0 Å². The third-order valence-corrected chi connectivity index (χ3v) is 5.06. The maximum absolute atomic E-state index is 12.1. The molecule has 1 atom stereocenters. The van der Waals surface area contributed by atoms with Gasteiger partial charge in [-0.15, -0.1) is 0 Å². The molecular weight excluding hydrogens is 290 g/mol. The summed E-state index contributed by atoms with van der Waals surface area (Å²) in [5, 5.41) is 12.1. The van der Waals surface area contributed by atoms with Crippen molar-refractivity contribution < 1.29 is 13.2 Å². The summed E-state index contributed by atoms with van der Waals surface area (Å²) >= 11 is 0. The molecule has 1 N–H and O–H groups in total. The minimum Gasteiger partial charge on any atom is -0.337 e. The topological polar surface area (TPSA) is 90.3 Å². The number of likely N-dealkylation sites (N-methyl/N-ethyl adjacent to an activating group) is 1. The molecule has 0 spiro atoms. The van der Waals surface area contributed by atoms with Crippen LogP contribution in [0.1, 0.15) is 39.5 Å². The molecule has 0 heterocycles. The first kappa shape index (κ1) is 17.9. The molecule has 0 bridgehead atoms. The van der Waals surface area contributed by atoms with E-state index >= 15 is 0 Å². The molecule has 1 fully saturated rings. The van der Waals surface area contributed by atoms with E-state index in [-0.39, 0.29) is 24.2 Å². The van der Waals surface area contributed by atoms with Crippen LogP contribution in [0, 0.1) is 11.3 Å². The van der Waals surface area contributed by atoms with E-state index in [2.05, 4.69) is 11.4 Å². The first-order chi connectivity index (χ1) is 9.71. The molecule has 1 rings (SSSR count). The molecule has 0 saturated heterocycles. The van der Waals surface area contributed by atoms with Gasteiger partial charge < -0.3 is 5.32 Å². The highest BCUT2D eigenvalue weighted by Gasteiger charge is 2.35. The van der Waals surface area contributed by atoms with E-state index in [1.807, 2.05) is 11.8 Å². The predicted molar refractivity (Wildman–Crippen MR) is 81.4 cm³/mol. The number of carbonyl (C=O) groups excluding carboxylic acids is 1. The van der Waals surface area contributed by atoms with Crippen molar-refractivity contribution in [3.05, 3.63) is 0 Å². The lowest BCUT2D eigenvalue weighted by molar-refractivity contribution is -0.123. The Labute approximate surface area is 127 Å². The van der Waals surface area contributed by atoms with Crippen molar-refractivity contribution in [2.75, 3.05) is 25.1 Å². The molecule has 120 valence electrons. The van der Waals surface area contributed by atoms with Crippen molar-refractivity contribution >= 4 is 15.7 Å². The molecule has 0 aromatic carbocycles. The Balaban J connectivity index is 2.60. The van der Waals surface area contributed by atoms with Gasteiger partial charge in [-0.25, -0.2) is 8.42 Å². The number of rotatable bonds is 7. The second kappa shape index (κ2) is 7.23. The van der Waals surface area contributed by atoms with Crippen molar-refractivity contribution in [3.63, 3.8) is 0 Å². The second-order valence-corrected chi connectivity index (χ2v) is 8.14. The molecule has 0 aliphatic heterocycles. The van der Waals surface area contributed by atoms with Crippen molar-refractivity contribution in [2.24, 2.45) is 0 Å². The average Bonchev–Trinajstić information content (AvgIpc) is 2.82. The summed E-state index contributed by atoms with van der Waals surface area (Å²) in [4.78, 5) is 14.0. The van der Waals surface area contributed by atoms with Gasteiger partial charge >= 0.3 is 0 Å². The summed E-state index contributed by atoms with van der Waals surface area (Å²) in [5.41, 5.74) is -0.726. The van der Waals surface area contributed by atoms with Crippen LogP contribution in [0.4, 0.5) is 0 Å². The van der Waals surface area contributed by atoms with Gasteiger partial charge in [0.05, 0.1) is 18.4 Å². The standard InChI is InChI=1S/C14H25N3O3S/c1-4-17(12(2)10-21(3,19)20)9-13(18)16-14(11-15)7-5-6-8-14/h12H,4-10H2,1-3H3,(H,16,18). The Kier molecular flexibility index (Phi) is 6.17. The van der Waals surface area contributed by atoms with Crippen LogP contribution in [-0.4, -0.2) is 55.9 Å². The van der Waals surface area contributed by atoms with Crippen LogP contribution in [0.2, 0.25) is 0 Å². The molecule has 1 aliphatic rings. The highest BCUT2D eigenvalue weighted by Crippen LogP contribution is 2.28. The second-order valence-electron chi connectivity index (χ2n) is 5.95. The summed E-state index contributed by atoms with van der Waals surface area (Å²) in [6.45, 7) is 4.40. The quantitative estimate of drug-likeness (QED) is 0.746. The summed E-state index contributed by atoms with van der Waals surface area (Å²) in [6.07, 6.45) is 4.49. The number of hydrogen-bond acceptors (Lipinski definition) is 5. The van der Waals surface area contributed by atoms with Crippen molar-refractivity contribution in [2.45, 2.75) is 51.1 Å². The largest absolute Gasteiger partial charge is 0.337 e. The number of nitrogens with zero attached hydrogens (tertiary/aromatic N) is 2. The smallest absolute Gasteiger partial charge is 0.235 e. The van der Waals surface area contributed by atoms with Crippen LogP contribution >= 0.6 is 0 Å². The summed E-state index contributed by atoms with van der Waals surface area (Å²) in [5.74, 6) is -0.182. The molecule has 1 unspecified atom stereocenters. The Morgan fingerprint density at radius 2 is 2.00 bits per heavy atom. The van der Waals surface area contributed by atoms with Crippen molar-refractivity contribution in [1.82, 2.24) is 10.2 Å². The highest BCUT2D eigenvalue weighted by molar-refractivity contribution is 7.90. The number of hydrogen-bond donors (Lipinski definition) is 1. The zero-order chi connectivity index (χ0) is 16.1. The molecule has 0 radical (unpaired) electrons. The zero-order valence-corrected chi connectivity index (χ0v) is 13.9. The van der Waals surface area contributed by atoms with E-state index in [0.717, 1.165) is 12.8 Å². The lowest BCUT2D eigenvalue weighted by Gasteiger charge is -2.29. The van der Waals surface area contributed by atoms with Crippen LogP contribution in [0.5, 0.6) is 0 Å². The molecule has 7 heteroatoms. The van der Waals surface area contributed by atoms with Crippen LogP contribution in [-0.2, 0) is 14.6 Å². The van der Waals surface area contributed by atoms with E-state index in [9.17, 15) is 18.5 Å². The van der Waals surface area contributed by atoms with Gasteiger partial charge in [0.2, 0.25) is 5.91 Å². The van der Waals surface area contributed by atoms with Gasteiger partial charge in [-0.05, 0) is 39.2 Å². The Morgan fingerprint density at radius 3 is 2.43 bits per heavy atom. The molecule has 21 heavy (non-hydrogen) atoms. The first-order valence-electron chi connectivity index (χ1n) is 7.35. The van der Waals surface area contributed by atoms with E-state index in [0.29, 0.717) is 19.4 Å². The fourth-order valence-corrected chi connectivity index (χ4v) is 3.94. The van der Waals surface area contributed by atoms with Crippen LogP contribution < -0.4 is 5.32 Å². The molecular formula is C14H25N3O3S. The van der Waals surface area contributed by atoms with Crippen LogP contribution in [0.15, 0.2) is 0 Å². The van der Waals surface area contributed by atoms with Gasteiger partial charge in [0, 0.05) is 12.3 Å². The molecule has 0 aromatic rings. The molecule has 1 amide bonds. The lowest BCUT2D eigenvalue weighted by atomic mass is 10.00. The van der Waals surface area contributed by atoms with Gasteiger partial charge in [-0.1, -0.05) is 6.92 Å². The summed E-state index contributed by atoms with van der Waals surface area (Å²) in [7, 11) is -3.08. The van der Waals surface area contributed by atoms with E-state index in [1.54, 1.807) is 6.92 Å². The van der Waals surface area contributed by atoms with Gasteiger partial charge in [-0.2, -0.15) is 5.26 Å². The zero-order valence-electron chi connectivity index (χ0n) is 13.1. The number of amides is 1. The van der Waals surface area contributed by atoms with E-state index < -0.39 is 15.4 Å². The maximum Gasteiger partial charge on any atom is 0.235 e. The van der Waals surface area contributed by atoms with Gasteiger partial charge in [-0.3, -0.25) is 9.69 Å². The molecule has 0 aromatic heterocycles. The van der Waals surface area contributed by atoms with E-state index in [1.165, 1.54) is 6.26 Å². The lowest BCUT2D eigenvalue weighted by Crippen LogP contribution is -2.51. The fraction of sp³-hybridized carbons (Fsp3) is 0.857. The fourth-order valence-electron chi connectivity index (χ4n) is 2.86. The molecule has 6 nitrogen and oxygen atoms in total. The Bertz CT molecular complexity index is 504. The van der Waals surface area contributed by atoms with Crippen molar-refractivity contribution in [3.8, 4) is 6.07 Å². The van der Waals surface area contributed by atoms with Gasteiger partial charge in [0.1, 0.15) is 15.4 Å². The molecule has 1 saturated carbocycles. The Hall–Kier alpha value is -1.13. The minimum atomic E-state index is -3.08. The van der Waals surface area contributed by atoms with Crippen LogP contribution in [0.25, 0.3) is 0 Å². The monoisotopic (exact) mass is 315 g/mol. The average molecular weight is 315 g/mol. The number of nitriles is 1. The highest BCUT2D eigenvalue weighted by atomic mass is 32.2. The maximum atomic E-state index is 12.1. The Morgan fingerprint density at radius 1 is 1.43 bits per heavy atom. The molecule has 1 aliphatic carbocycles. The first-order valence-corrected chi connectivity index (χ1v) is 9.41. The number of nitrogens with one attached hydrogen (secondary N) is 1. The van der Waals surface area contributed by atoms with Gasteiger partial charge in [0.15, 0.2) is 0 Å². The number of sulfone groups is 1. The predicted octanol–water partition coefficient (Wildman–Crippen LogP) is 0.694. The summed E-state index contributed by atoms with van der Waals surface area (Å²) < 4.78 is 22.7. The van der Waals surface area contributed by atoms with E-state index in [4.69, 9.17) is 0 Å². The SMILES string of the molecule is CCN(CC(=O)NC1(C#N)CCCC1)C(C)CS(C)(=O)=O. The minimum absolute atomic E-state index is 0.0253. The summed E-state index contributed by atoms with van der Waals surface area (Å²) in [6, 6.07) is 2.00. The number of carbonyl (C=O) groups is 1. The third-order valence-electron chi connectivity index (χ3n) is 3.97. The normalized spacial score (nSPS) is 19.2.